The number of pyridine rings is 1. The summed E-state index contributed by atoms with van der Waals surface area (Å²) in [6.45, 7) is 9.23. The molecule has 1 aliphatic rings. The first kappa shape index (κ1) is 12.5. The largest absolute Gasteiger partial charge is 0.304 e. The number of hydrogen-bond acceptors (Lipinski definition) is 3. The van der Waals surface area contributed by atoms with Crippen LogP contribution in [0, 0.1) is 5.92 Å². The van der Waals surface area contributed by atoms with Gasteiger partial charge in [-0.15, -0.1) is 0 Å². The molecule has 1 aromatic rings. The third-order valence-electron chi connectivity index (χ3n) is 3.64. The Morgan fingerprint density at radius 3 is 2.65 bits per heavy atom. The predicted octanol–water partition coefficient (Wildman–Crippen LogP) is 1.85. The van der Waals surface area contributed by atoms with Crippen molar-refractivity contribution < 1.29 is 0 Å². The van der Waals surface area contributed by atoms with Crippen molar-refractivity contribution in [2.24, 2.45) is 5.92 Å². The molecule has 0 radical (unpaired) electrons. The minimum absolute atomic E-state index is 0.668. The maximum absolute atomic E-state index is 4.08. The molecule has 0 aromatic carbocycles. The van der Waals surface area contributed by atoms with Crippen molar-refractivity contribution in [2.45, 2.75) is 26.4 Å². The van der Waals surface area contributed by atoms with Gasteiger partial charge in [0.15, 0.2) is 0 Å². The highest BCUT2D eigenvalue weighted by Gasteiger charge is 2.27. The molecule has 1 fully saturated rings. The third-order valence-corrected chi connectivity index (χ3v) is 3.64. The Morgan fingerprint density at radius 1 is 1.29 bits per heavy atom. The Labute approximate surface area is 104 Å². The van der Waals surface area contributed by atoms with E-state index in [4.69, 9.17) is 0 Å². The van der Waals surface area contributed by atoms with Crippen LogP contribution in [0.2, 0.25) is 0 Å². The van der Waals surface area contributed by atoms with E-state index in [2.05, 4.69) is 47.8 Å². The number of rotatable bonds is 3. The van der Waals surface area contributed by atoms with Crippen LogP contribution in [0.15, 0.2) is 24.5 Å². The van der Waals surface area contributed by atoms with Crippen LogP contribution in [0.4, 0.5) is 0 Å². The maximum atomic E-state index is 4.08. The van der Waals surface area contributed by atoms with Crippen LogP contribution in [0.3, 0.4) is 0 Å². The lowest BCUT2D eigenvalue weighted by Gasteiger charge is -2.42. The van der Waals surface area contributed by atoms with Gasteiger partial charge in [0.1, 0.15) is 0 Å². The van der Waals surface area contributed by atoms with E-state index in [1.807, 2.05) is 12.4 Å². The molecule has 94 valence electrons. The smallest absolute Gasteiger partial charge is 0.0271 e. The number of piperazine rings is 1. The van der Waals surface area contributed by atoms with Crippen LogP contribution < -0.4 is 0 Å². The van der Waals surface area contributed by atoms with Gasteiger partial charge in [0.05, 0.1) is 0 Å². The van der Waals surface area contributed by atoms with Gasteiger partial charge in [-0.2, -0.15) is 0 Å². The molecular weight excluding hydrogens is 210 g/mol. The molecule has 0 aliphatic carbocycles. The van der Waals surface area contributed by atoms with Crippen LogP contribution >= 0.6 is 0 Å². The van der Waals surface area contributed by atoms with Gasteiger partial charge < -0.3 is 4.90 Å². The quantitative estimate of drug-likeness (QED) is 0.794. The Kier molecular flexibility index (Phi) is 4.13. The molecule has 1 unspecified atom stereocenters. The van der Waals surface area contributed by atoms with Gasteiger partial charge in [-0.1, -0.05) is 13.8 Å². The van der Waals surface area contributed by atoms with E-state index in [9.17, 15) is 0 Å². The zero-order valence-electron chi connectivity index (χ0n) is 11.1. The standard InChI is InChI=1S/C14H23N3/c1-12(2)14-11-16(3)8-9-17(14)10-13-4-6-15-7-5-13/h4-7,12,14H,8-11H2,1-3H3. The summed E-state index contributed by atoms with van der Waals surface area (Å²) in [5, 5.41) is 0. The highest BCUT2D eigenvalue weighted by molar-refractivity contribution is 5.10. The lowest BCUT2D eigenvalue weighted by molar-refractivity contribution is 0.0571. The van der Waals surface area contributed by atoms with Gasteiger partial charge in [0.2, 0.25) is 0 Å². The normalized spacial score (nSPS) is 23.2. The van der Waals surface area contributed by atoms with Crippen molar-refractivity contribution in [1.82, 2.24) is 14.8 Å². The van der Waals surface area contributed by atoms with E-state index in [-0.39, 0.29) is 0 Å². The molecule has 0 bridgehead atoms. The number of likely N-dealkylation sites (N-methyl/N-ethyl adjacent to an activating group) is 1. The van der Waals surface area contributed by atoms with E-state index >= 15 is 0 Å². The number of nitrogens with zero attached hydrogens (tertiary/aromatic N) is 3. The van der Waals surface area contributed by atoms with Crippen molar-refractivity contribution in [1.29, 1.82) is 0 Å². The molecule has 1 aromatic heterocycles. The topological polar surface area (TPSA) is 19.4 Å². The van der Waals surface area contributed by atoms with Crippen LogP contribution in [0.5, 0.6) is 0 Å². The molecule has 3 heteroatoms. The monoisotopic (exact) mass is 233 g/mol. The lowest BCUT2D eigenvalue weighted by atomic mass is 9.99. The fraction of sp³-hybridized carbons (Fsp3) is 0.643. The van der Waals surface area contributed by atoms with E-state index in [0.717, 1.165) is 6.54 Å². The maximum Gasteiger partial charge on any atom is 0.0271 e. The van der Waals surface area contributed by atoms with Crippen LogP contribution in [0.25, 0.3) is 0 Å². The van der Waals surface area contributed by atoms with Crippen molar-refractivity contribution >= 4 is 0 Å². The molecule has 17 heavy (non-hydrogen) atoms. The SMILES string of the molecule is CC(C)C1CN(C)CCN1Cc1ccncc1. The van der Waals surface area contributed by atoms with Gasteiger partial charge in [0, 0.05) is 44.6 Å². The molecule has 2 heterocycles. The fourth-order valence-electron chi connectivity index (χ4n) is 2.54. The van der Waals surface area contributed by atoms with Crippen LogP contribution in [-0.2, 0) is 6.54 Å². The van der Waals surface area contributed by atoms with Gasteiger partial charge in [-0.05, 0) is 30.7 Å². The van der Waals surface area contributed by atoms with Crippen molar-refractivity contribution in [3.63, 3.8) is 0 Å². The summed E-state index contributed by atoms with van der Waals surface area (Å²) in [6.07, 6.45) is 3.77. The highest BCUT2D eigenvalue weighted by atomic mass is 15.3. The second-order valence-electron chi connectivity index (χ2n) is 5.40. The Balaban J connectivity index is 2.03. The molecule has 1 aliphatic heterocycles. The number of hydrogen-bond donors (Lipinski definition) is 0. The first-order valence-corrected chi connectivity index (χ1v) is 6.48. The second kappa shape index (κ2) is 5.61. The third kappa shape index (κ3) is 3.27. The predicted molar refractivity (Wildman–Crippen MR) is 70.8 cm³/mol. The summed E-state index contributed by atoms with van der Waals surface area (Å²) in [6, 6.07) is 4.91. The van der Waals surface area contributed by atoms with Gasteiger partial charge >= 0.3 is 0 Å². The van der Waals surface area contributed by atoms with Crippen molar-refractivity contribution in [3.05, 3.63) is 30.1 Å². The molecule has 0 saturated carbocycles. The lowest BCUT2D eigenvalue weighted by Crippen LogP contribution is -2.53. The van der Waals surface area contributed by atoms with E-state index in [1.54, 1.807) is 0 Å². The minimum Gasteiger partial charge on any atom is -0.304 e. The summed E-state index contributed by atoms with van der Waals surface area (Å²) in [4.78, 5) is 9.13. The van der Waals surface area contributed by atoms with Crippen molar-refractivity contribution in [3.8, 4) is 0 Å². The zero-order valence-corrected chi connectivity index (χ0v) is 11.1. The van der Waals surface area contributed by atoms with E-state index in [1.165, 1.54) is 25.2 Å². The minimum atomic E-state index is 0.668. The summed E-state index contributed by atoms with van der Waals surface area (Å²) in [5.41, 5.74) is 1.37. The van der Waals surface area contributed by atoms with Crippen LogP contribution in [0.1, 0.15) is 19.4 Å². The Bertz CT molecular complexity index is 337. The van der Waals surface area contributed by atoms with Crippen LogP contribution in [-0.4, -0.2) is 47.5 Å². The molecule has 2 rings (SSSR count). The molecule has 1 saturated heterocycles. The first-order valence-electron chi connectivity index (χ1n) is 6.48. The first-order chi connectivity index (χ1) is 8.16. The molecule has 0 N–H and O–H groups in total. The summed E-state index contributed by atoms with van der Waals surface area (Å²) in [7, 11) is 2.22. The van der Waals surface area contributed by atoms with E-state index in [0.29, 0.717) is 12.0 Å². The summed E-state index contributed by atoms with van der Waals surface area (Å²) in [5.74, 6) is 0.708. The molecule has 3 nitrogen and oxygen atoms in total. The summed E-state index contributed by atoms with van der Waals surface area (Å²) >= 11 is 0. The average molecular weight is 233 g/mol. The fourth-order valence-corrected chi connectivity index (χ4v) is 2.54. The van der Waals surface area contributed by atoms with Gasteiger partial charge in [-0.25, -0.2) is 0 Å². The van der Waals surface area contributed by atoms with Crippen molar-refractivity contribution in [2.75, 3.05) is 26.7 Å². The average Bonchev–Trinajstić information content (AvgIpc) is 2.32. The molecule has 1 atom stereocenters. The Morgan fingerprint density at radius 2 is 2.00 bits per heavy atom. The Hall–Kier alpha value is -0.930. The number of aromatic nitrogens is 1. The highest BCUT2D eigenvalue weighted by Crippen LogP contribution is 2.18. The molecule has 0 amide bonds. The zero-order chi connectivity index (χ0) is 12.3. The molecule has 0 spiro atoms. The second-order valence-corrected chi connectivity index (χ2v) is 5.40. The van der Waals surface area contributed by atoms with Gasteiger partial charge in [0.25, 0.3) is 0 Å². The van der Waals surface area contributed by atoms with E-state index < -0.39 is 0 Å². The summed E-state index contributed by atoms with van der Waals surface area (Å²) < 4.78 is 0. The molecular formula is C14H23N3. The van der Waals surface area contributed by atoms with Gasteiger partial charge in [-0.3, -0.25) is 9.88 Å².